The van der Waals surface area contributed by atoms with Gasteiger partial charge < -0.3 is 4.74 Å². The van der Waals surface area contributed by atoms with Crippen LogP contribution in [0.1, 0.15) is 21.5 Å². The third-order valence-electron chi connectivity index (χ3n) is 2.85. The second-order valence-corrected chi connectivity index (χ2v) is 4.73. The van der Waals surface area contributed by atoms with E-state index < -0.39 is 0 Å². The Morgan fingerprint density at radius 3 is 2.70 bits per heavy atom. The summed E-state index contributed by atoms with van der Waals surface area (Å²) < 4.78 is 4.98. The van der Waals surface area contributed by atoms with E-state index in [1.165, 1.54) is 6.08 Å². The number of hydrogen-bond acceptors (Lipinski definition) is 3. The third-order valence-corrected chi connectivity index (χ3v) is 3.08. The van der Waals surface area contributed by atoms with Crippen LogP contribution in [0.15, 0.2) is 42.6 Å². The Bertz CT molecular complexity index is 648. The molecule has 0 aliphatic rings. The Morgan fingerprint density at radius 1 is 1.30 bits per heavy atom. The van der Waals surface area contributed by atoms with Crippen molar-refractivity contribution >= 4 is 23.5 Å². The number of ketones is 1. The van der Waals surface area contributed by atoms with Gasteiger partial charge in [-0.15, -0.1) is 0 Å². The van der Waals surface area contributed by atoms with Crippen molar-refractivity contribution in [2.45, 2.75) is 6.92 Å². The first-order chi connectivity index (χ1) is 9.60. The van der Waals surface area contributed by atoms with Gasteiger partial charge in [0.15, 0.2) is 5.78 Å². The molecule has 2 aromatic rings. The molecule has 0 saturated carbocycles. The molecule has 0 aliphatic carbocycles. The number of carbonyl (C=O) groups is 1. The van der Waals surface area contributed by atoms with Crippen LogP contribution in [0, 0.1) is 6.92 Å². The number of pyridine rings is 1. The Hall–Kier alpha value is -2.13. The van der Waals surface area contributed by atoms with E-state index in [0.29, 0.717) is 16.5 Å². The highest BCUT2D eigenvalue weighted by Crippen LogP contribution is 2.16. The Labute approximate surface area is 122 Å². The first-order valence-electron chi connectivity index (χ1n) is 6.09. The smallest absolute Gasteiger partial charge is 0.212 e. The molecule has 0 spiro atoms. The molecule has 0 atom stereocenters. The van der Waals surface area contributed by atoms with E-state index in [1.54, 1.807) is 43.6 Å². The van der Waals surface area contributed by atoms with Gasteiger partial charge in [-0.25, -0.2) is 4.98 Å². The molecule has 4 heteroatoms. The van der Waals surface area contributed by atoms with E-state index >= 15 is 0 Å². The monoisotopic (exact) mass is 287 g/mol. The SMILES string of the molecule is COc1ccc(/C=C/C(=O)c2ccc(Cl)cc2C)cn1. The molecular weight excluding hydrogens is 274 g/mol. The molecule has 1 heterocycles. The van der Waals surface area contributed by atoms with Crippen molar-refractivity contribution in [3.05, 3.63) is 64.3 Å². The quantitative estimate of drug-likeness (QED) is 0.631. The molecule has 0 amide bonds. The third kappa shape index (κ3) is 3.45. The summed E-state index contributed by atoms with van der Waals surface area (Å²) in [7, 11) is 1.56. The highest BCUT2D eigenvalue weighted by molar-refractivity contribution is 6.30. The zero-order valence-corrected chi connectivity index (χ0v) is 12.0. The molecule has 2 rings (SSSR count). The highest BCUT2D eigenvalue weighted by Gasteiger charge is 2.05. The average Bonchev–Trinajstić information content (AvgIpc) is 2.45. The standard InChI is InChI=1S/C16H14ClNO2/c1-11-9-13(17)5-6-14(11)15(19)7-3-12-4-8-16(20-2)18-10-12/h3-10H,1-2H3/b7-3+. The van der Waals surface area contributed by atoms with Crippen molar-refractivity contribution in [2.24, 2.45) is 0 Å². The van der Waals surface area contributed by atoms with Crippen molar-refractivity contribution < 1.29 is 9.53 Å². The fourth-order valence-electron chi connectivity index (χ4n) is 1.78. The summed E-state index contributed by atoms with van der Waals surface area (Å²) in [4.78, 5) is 16.2. The van der Waals surface area contributed by atoms with Crippen LogP contribution in [0.2, 0.25) is 5.02 Å². The molecule has 0 unspecified atom stereocenters. The number of aromatic nitrogens is 1. The summed E-state index contributed by atoms with van der Waals surface area (Å²) in [6, 6.07) is 8.81. The van der Waals surface area contributed by atoms with Crippen molar-refractivity contribution in [1.29, 1.82) is 0 Å². The molecule has 0 saturated heterocycles. The highest BCUT2D eigenvalue weighted by atomic mass is 35.5. The number of nitrogens with zero attached hydrogens (tertiary/aromatic N) is 1. The van der Waals surface area contributed by atoms with Crippen LogP contribution in [0.4, 0.5) is 0 Å². The number of carbonyl (C=O) groups excluding carboxylic acids is 1. The number of hydrogen-bond donors (Lipinski definition) is 0. The molecule has 0 aliphatic heterocycles. The predicted molar refractivity (Wildman–Crippen MR) is 80.3 cm³/mol. The number of halogens is 1. The van der Waals surface area contributed by atoms with Crippen LogP contribution in [0.5, 0.6) is 5.88 Å². The lowest BCUT2D eigenvalue weighted by Crippen LogP contribution is -1.97. The van der Waals surface area contributed by atoms with Gasteiger partial charge in [-0.2, -0.15) is 0 Å². The van der Waals surface area contributed by atoms with E-state index in [2.05, 4.69) is 4.98 Å². The van der Waals surface area contributed by atoms with Crippen molar-refractivity contribution in [2.75, 3.05) is 7.11 Å². The number of allylic oxidation sites excluding steroid dienone is 1. The molecule has 20 heavy (non-hydrogen) atoms. The summed E-state index contributed by atoms with van der Waals surface area (Å²) in [6.45, 7) is 1.86. The normalized spacial score (nSPS) is 10.8. The average molecular weight is 288 g/mol. The Balaban J connectivity index is 2.15. The summed E-state index contributed by atoms with van der Waals surface area (Å²) in [5, 5.41) is 0.627. The molecule has 0 radical (unpaired) electrons. The minimum atomic E-state index is -0.0602. The van der Waals surface area contributed by atoms with Crippen LogP contribution < -0.4 is 4.74 Å². The van der Waals surface area contributed by atoms with Crippen LogP contribution in [-0.4, -0.2) is 17.9 Å². The lowest BCUT2D eigenvalue weighted by molar-refractivity contribution is 0.104. The number of benzene rings is 1. The number of methoxy groups -OCH3 is 1. The molecule has 102 valence electrons. The Morgan fingerprint density at radius 2 is 2.10 bits per heavy atom. The maximum atomic E-state index is 12.1. The molecule has 1 aromatic heterocycles. The van der Waals surface area contributed by atoms with Gasteiger partial charge in [-0.3, -0.25) is 4.79 Å². The molecule has 0 N–H and O–H groups in total. The maximum absolute atomic E-state index is 12.1. The first-order valence-corrected chi connectivity index (χ1v) is 6.46. The van der Waals surface area contributed by atoms with Crippen LogP contribution >= 0.6 is 11.6 Å². The van der Waals surface area contributed by atoms with Gasteiger partial charge in [0.05, 0.1) is 7.11 Å². The number of aryl methyl sites for hydroxylation is 1. The van der Waals surface area contributed by atoms with E-state index in [1.807, 2.05) is 13.0 Å². The molecular formula is C16H14ClNO2. The van der Waals surface area contributed by atoms with E-state index in [9.17, 15) is 4.79 Å². The molecule has 1 aromatic carbocycles. The number of rotatable bonds is 4. The number of ether oxygens (including phenoxy) is 1. The van der Waals surface area contributed by atoms with Crippen LogP contribution in [0.25, 0.3) is 6.08 Å². The van der Waals surface area contributed by atoms with Crippen molar-refractivity contribution in [3.8, 4) is 5.88 Å². The molecule has 3 nitrogen and oxygen atoms in total. The minimum Gasteiger partial charge on any atom is -0.481 e. The summed E-state index contributed by atoms with van der Waals surface area (Å²) >= 11 is 5.87. The summed E-state index contributed by atoms with van der Waals surface area (Å²) in [6.07, 6.45) is 4.90. The van der Waals surface area contributed by atoms with Crippen LogP contribution in [0.3, 0.4) is 0 Å². The first kappa shape index (κ1) is 14.3. The zero-order valence-electron chi connectivity index (χ0n) is 11.3. The minimum absolute atomic E-state index is 0.0602. The van der Waals surface area contributed by atoms with Gasteiger partial charge in [0.1, 0.15) is 0 Å². The van der Waals surface area contributed by atoms with E-state index in [4.69, 9.17) is 16.3 Å². The van der Waals surface area contributed by atoms with Gasteiger partial charge in [0.2, 0.25) is 5.88 Å². The van der Waals surface area contributed by atoms with Crippen molar-refractivity contribution in [3.63, 3.8) is 0 Å². The Kier molecular flexibility index (Phi) is 4.53. The summed E-state index contributed by atoms with van der Waals surface area (Å²) in [5.41, 5.74) is 2.35. The van der Waals surface area contributed by atoms with Gasteiger partial charge in [-0.1, -0.05) is 11.6 Å². The predicted octanol–water partition coefficient (Wildman–Crippen LogP) is 3.95. The largest absolute Gasteiger partial charge is 0.481 e. The topological polar surface area (TPSA) is 39.2 Å². The van der Waals surface area contributed by atoms with Gasteiger partial charge in [0.25, 0.3) is 0 Å². The van der Waals surface area contributed by atoms with Gasteiger partial charge in [-0.05, 0) is 54.5 Å². The second-order valence-electron chi connectivity index (χ2n) is 4.29. The lowest BCUT2D eigenvalue weighted by atomic mass is 10.0. The molecule has 0 fully saturated rings. The maximum Gasteiger partial charge on any atom is 0.212 e. The lowest BCUT2D eigenvalue weighted by Gasteiger charge is -2.02. The fraction of sp³-hybridized carbons (Fsp3) is 0.125. The van der Waals surface area contributed by atoms with Gasteiger partial charge >= 0.3 is 0 Å². The van der Waals surface area contributed by atoms with Gasteiger partial charge in [0, 0.05) is 22.8 Å². The van der Waals surface area contributed by atoms with Crippen molar-refractivity contribution in [1.82, 2.24) is 4.98 Å². The van der Waals surface area contributed by atoms with E-state index in [0.717, 1.165) is 11.1 Å². The summed E-state index contributed by atoms with van der Waals surface area (Å²) in [5.74, 6) is 0.483. The molecule has 0 bridgehead atoms. The second kappa shape index (κ2) is 6.35. The van der Waals surface area contributed by atoms with Crippen LogP contribution in [-0.2, 0) is 0 Å². The fourth-order valence-corrected chi connectivity index (χ4v) is 2.00. The zero-order chi connectivity index (χ0) is 14.5. The van der Waals surface area contributed by atoms with E-state index in [-0.39, 0.29) is 5.78 Å².